The Morgan fingerprint density at radius 1 is 1.38 bits per heavy atom. The second-order valence-corrected chi connectivity index (χ2v) is 7.60. The van der Waals surface area contributed by atoms with Crippen molar-refractivity contribution in [3.05, 3.63) is 30.1 Å². The van der Waals surface area contributed by atoms with E-state index in [0.717, 1.165) is 24.9 Å². The van der Waals surface area contributed by atoms with Gasteiger partial charge in [-0.1, -0.05) is 11.2 Å². The van der Waals surface area contributed by atoms with Gasteiger partial charge in [0.1, 0.15) is 5.71 Å². The fourth-order valence-corrected chi connectivity index (χ4v) is 3.66. The summed E-state index contributed by atoms with van der Waals surface area (Å²) in [6, 6.07) is 3.74. The van der Waals surface area contributed by atoms with E-state index in [0.29, 0.717) is 37.6 Å². The number of nitrogens with zero attached hydrogens (tertiary/aromatic N) is 3. The molecule has 1 spiro atoms. The maximum atomic E-state index is 12.4. The standard InChI is InChI=1S/C19H24N4O3/c24-17(9-14-4-5-14)23-8-2-6-19(13-23)10-16(22-26-19)18(25)21-12-15-3-1-7-20-11-15/h1,3,7,11,14H,2,4-6,8-10,12-13H2,(H,21,25)/t19-/m1/s1. The van der Waals surface area contributed by atoms with Gasteiger partial charge in [0.05, 0.1) is 6.54 Å². The SMILES string of the molecule is O=C(NCc1cccnc1)C1=NO[C@]2(CCCN(C(=O)CC3CC3)C2)C1. The number of oxime groups is 1. The lowest BCUT2D eigenvalue weighted by Crippen LogP contribution is -2.51. The number of amides is 2. The average molecular weight is 356 g/mol. The van der Waals surface area contributed by atoms with E-state index in [1.165, 1.54) is 12.8 Å². The predicted molar refractivity (Wildman–Crippen MR) is 95.1 cm³/mol. The van der Waals surface area contributed by atoms with Gasteiger partial charge < -0.3 is 15.1 Å². The van der Waals surface area contributed by atoms with E-state index < -0.39 is 5.60 Å². The molecule has 1 N–H and O–H groups in total. The van der Waals surface area contributed by atoms with Crippen molar-refractivity contribution in [3.8, 4) is 0 Å². The molecule has 138 valence electrons. The number of piperidine rings is 1. The van der Waals surface area contributed by atoms with Gasteiger partial charge >= 0.3 is 0 Å². The first-order chi connectivity index (χ1) is 12.6. The number of rotatable bonds is 5. The van der Waals surface area contributed by atoms with Crippen molar-refractivity contribution in [2.45, 2.75) is 50.7 Å². The van der Waals surface area contributed by atoms with Crippen molar-refractivity contribution in [3.63, 3.8) is 0 Å². The summed E-state index contributed by atoms with van der Waals surface area (Å²) in [6.07, 6.45) is 8.58. The van der Waals surface area contributed by atoms with Crippen LogP contribution in [0.3, 0.4) is 0 Å². The summed E-state index contributed by atoms with van der Waals surface area (Å²) in [5, 5.41) is 6.90. The van der Waals surface area contributed by atoms with Gasteiger partial charge in [-0.3, -0.25) is 14.6 Å². The Bertz CT molecular complexity index is 717. The molecule has 1 saturated carbocycles. The van der Waals surface area contributed by atoms with E-state index in [-0.39, 0.29) is 11.8 Å². The van der Waals surface area contributed by atoms with Gasteiger partial charge in [0.2, 0.25) is 5.91 Å². The van der Waals surface area contributed by atoms with E-state index in [1.54, 1.807) is 12.4 Å². The second kappa shape index (κ2) is 7.05. The van der Waals surface area contributed by atoms with Crippen molar-refractivity contribution in [2.75, 3.05) is 13.1 Å². The molecule has 3 aliphatic rings. The fraction of sp³-hybridized carbons (Fsp3) is 0.579. The van der Waals surface area contributed by atoms with Crippen molar-refractivity contribution < 1.29 is 14.4 Å². The highest BCUT2D eigenvalue weighted by Gasteiger charge is 2.45. The largest absolute Gasteiger partial charge is 0.386 e. The predicted octanol–water partition coefficient (Wildman–Crippen LogP) is 1.64. The summed E-state index contributed by atoms with van der Waals surface area (Å²) in [7, 11) is 0. The third-order valence-electron chi connectivity index (χ3n) is 5.33. The molecule has 7 heteroatoms. The van der Waals surface area contributed by atoms with Crippen LogP contribution >= 0.6 is 0 Å². The summed E-state index contributed by atoms with van der Waals surface area (Å²) < 4.78 is 0. The summed E-state index contributed by atoms with van der Waals surface area (Å²) >= 11 is 0. The number of hydrogen-bond acceptors (Lipinski definition) is 5. The van der Waals surface area contributed by atoms with Gasteiger partial charge in [-0.2, -0.15) is 0 Å². The third kappa shape index (κ3) is 3.86. The Morgan fingerprint density at radius 3 is 3.04 bits per heavy atom. The Morgan fingerprint density at radius 2 is 2.27 bits per heavy atom. The van der Waals surface area contributed by atoms with E-state index in [2.05, 4.69) is 15.5 Å². The van der Waals surface area contributed by atoms with Crippen LogP contribution in [0.5, 0.6) is 0 Å². The number of likely N-dealkylation sites (tertiary alicyclic amines) is 1. The lowest BCUT2D eigenvalue weighted by atomic mass is 9.87. The Kier molecular flexibility index (Phi) is 4.61. The Hall–Kier alpha value is -2.44. The molecule has 0 radical (unpaired) electrons. The quantitative estimate of drug-likeness (QED) is 0.869. The molecule has 26 heavy (non-hydrogen) atoms. The molecule has 1 aromatic rings. The van der Waals surface area contributed by atoms with Gasteiger partial charge in [0.25, 0.3) is 5.91 Å². The first-order valence-electron chi connectivity index (χ1n) is 9.33. The minimum atomic E-state index is -0.529. The highest BCUT2D eigenvalue weighted by molar-refractivity contribution is 6.39. The van der Waals surface area contributed by atoms with Gasteiger partial charge in [-0.15, -0.1) is 0 Å². The molecular weight excluding hydrogens is 332 g/mol. The summed E-state index contributed by atoms with van der Waals surface area (Å²) in [4.78, 5) is 36.4. The van der Waals surface area contributed by atoms with E-state index in [4.69, 9.17) is 4.84 Å². The highest BCUT2D eigenvalue weighted by Crippen LogP contribution is 2.36. The zero-order chi connectivity index (χ0) is 18.0. The van der Waals surface area contributed by atoms with Crippen LogP contribution in [0.4, 0.5) is 0 Å². The van der Waals surface area contributed by atoms with Crippen LogP contribution in [0.25, 0.3) is 0 Å². The minimum absolute atomic E-state index is 0.213. The molecule has 4 rings (SSSR count). The average Bonchev–Trinajstić information content (AvgIpc) is 3.39. The van der Waals surface area contributed by atoms with Crippen molar-refractivity contribution >= 4 is 17.5 Å². The summed E-state index contributed by atoms with van der Waals surface area (Å²) in [6.45, 7) is 1.71. The minimum Gasteiger partial charge on any atom is -0.386 e. The Balaban J connectivity index is 1.31. The number of pyridine rings is 1. The first kappa shape index (κ1) is 17.0. The monoisotopic (exact) mass is 356 g/mol. The van der Waals surface area contributed by atoms with Crippen LogP contribution in [0.15, 0.2) is 29.7 Å². The van der Waals surface area contributed by atoms with Crippen molar-refractivity contribution in [1.29, 1.82) is 0 Å². The van der Waals surface area contributed by atoms with Crippen LogP contribution in [0.1, 0.15) is 44.1 Å². The maximum Gasteiger partial charge on any atom is 0.269 e. The van der Waals surface area contributed by atoms with Crippen molar-refractivity contribution in [1.82, 2.24) is 15.2 Å². The molecule has 1 saturated heterocycles. The molecule has 2 amide bonds. The van der Waals surface area contributed by atoms with Crippen molar-refractivity contribution in [2.24, 2.45) is 11.1 Å². The molecule has 0 bridgehead atoms. The number of nitrogens with one attached hydrogen (secondary N) is 1. The van der Waals surface area contributed by atoms with Crippen LogP contribution in [0, 0.1) is 5.92 Å². The van der Waals surface area contributed by atoms with Crippen LogP contribution < -0.4 is 5.32 Å². The molecule has 0 aromatic carbocycles. The van der Waals surface area contributed by atoms with Gasteiger partial charge in [-0.05, 0) is 43.2 Å². The number of carbonyl (C=O) groups is 2. The zero-order valence-corrected chi connectivity index (χ0v) is 14.8. The molecule has 2 aliphatic heterocycles. The van der Waals surface area contributed by atoms with E-state index >= 15 is 0 Å². The first-order valence-corrected chi connectivity index (χ1v) is 9.33. The normalized spacial score (nSPS) is 24.9. The number of aromatic nitrogens is 1. The molecule has 2 fully saturated rings. The molecule has 3 heterocycles. The van der Waals surface area contributed by atoms with Crippen LogP contribution in [-0.2, 0) is 21.0 Å². The Labute approximate surface area is 152 Å². The molecule has 1 aliphatic carbocycles. The molecular formula is C19H24N4O3. The molecule has 0 unspecified atom stereocenters. The molecule has 7 nitrogen and oxygen atoms in total. The smallest absolute Gasteiger partial charge is 0.269 e. The summed E-state index contributed by atoms with van der Waals surface area (Å²) in [5.74, 6) is 0.576. The van der Waals surface area contributed by atoms with Gasteiger partial charge in [0, 0.05) is 38.3 Å². The molecule has 1 atom stereocenters. The third-order valence-corrected chi connectivity index (χ3v) is 5.33. The molecule has 1 aromatic heterocycles. The van der Waals surface area contributed by atoms with Gasteiger partial charge in [0.15, 0.2) is 5.60 Å². The number of carbonyl (C=O) groups excluding carboxylic acids is 2. The van der Waals surface area contributed by atoms with Gasteiger partial charge in [-0.25, -0.2) is 0 Å². The van der Waals surface area contributed by atoms with E-state index in [9.17, 15) is 9.59 Å². The lowest BCUT2D eigenvalue weighted by molar-refractivity contribution is -0.141. The lowest BCUT2D eigenvalue weighted by Gasteiger charge is -2.38. The van der Waals surface area contributed by atoms with Crippen LogP contribution in [0.2, 0.25) is 0 Å². The van der Waals surface area contributed by atoms with E-state index in [1.807, 2.05) is 17.0 Å². The zero-order valence-electron chi connectivity index (χ0n) is 14.8. The highest BCUT2D eigenvalue weighted by atomic mass is 16.7. The summed E-state index contributed by atoms with van der Waals surface area (Å²) in [5.41, 5.74) is 0.813. The topological polar surface area (TPSA) is 83.9 Å². The number of hydrogen-bond donors (Lipinski definition) is 1. The maximum absolute atomic E-state index is 12.4. The second-order valence-electron chi connectivity index (χ2n) is 7.60. The fourth-order valence-electron chi connectivity index (χ4n) is 3.66. The van der Waals surface area contributed by atoms with Crippen LogP contribution in [-0.4, -0.2) is 46.1 Å².